The smallest absolute Gasteiger partial charge is 0.319 e. The van der Waals surface area contributed by atoms with E-state index in [-0.39, 0.29) is 12.1 Å². The van der Waals surface area contributed by atoms with Gasteiger partial charge in [0.2, 0.25) is 0 Å². The first-order valence-electron chi connectivity index (χ1n) is 9.99. The van der Waals surface area contributed by atoms with E-state index in [4.69, 9.17) is 21.1 Å². The Morgan fingerprint density at radius 1 is 1.28 bits per heavy atom. The van der Waals surface area contributed by atoms with E-state index in [1.54, 1.807) is 18.2 Å². The van der Waals surface area contributed by atoms with Crippen LogP contribution in [0.15, 0.2) is 48.5 Å². The summed E-state index contributed by atoms with van der Waals surface area (Å²) in [5.74, 6) is 0.619. The Morgan fingerprint density at radius 3 is 2.86 bits per heavy atom. The molecule has 1 heterocycles. The summed E-state index contributed by atoms with van der Waals surface area (Å²) in [6, 6.07) is 15.3. The Labute approximate surface area is 177 Å². The van der Waals surface area contributed by atoms with Gasteiger partial charge in [-0.25, -0.2) is 4.79 Å². The minimum absolute atomic E-state index is 0.0355. The van der Waals surface area contributed by atoms with Crippen LogP contribution in [-0.4, -0.2) is 49.9 Å². The molecule has 7 heteroatoms. The van der Waals surface area contributed by atoms with Gasteiger partial charge in [0, 0.05) is 31.9 Å². The number of carbonyl (C=O) groups is 1. The van der Waals surface area contributed by atoms with Crippen LogP contribution in [-0.2, 0) is 11.3 Å². The van der Waals surface area contributed by atoms with Crippen molar-refractivity contribution in [3.05, 3.63) is 59.1 Å². The maximum atomic E-state index is 12.2. The average Bonchev–Trinajstić information content (AvgIpc) is 2.73. The molecule has 1 aliphatic heterocycles. The highest BCUT2D eigenvalue weighted by Crippen LogP contribution is 2.27. The second kappa shape index (κ2) is 11.0. The van der Waals surface area contributed by atoms with E-state index >= 15 is 0 Å². The second-order valence-corrected chi connectivity index (χ2v) is 7.45. The van der Waals surface area contributed by atoms with Gasteiger partial charge < -0.3 is 20.1 Å². The van der Waals surface area contributed by atoms with E-state index in [9.17, 15) is 4.79 Å². The Hall–Kier alpha value is -2.28. The summed E-state index contributed by atoms with van der Waals surface area (Å²) >= 11 is 6.21. The molecule has 1 aliphatic rings. The van der Waals surface area contributed by atoms with Crippen molar-refractivity contribution in [3.8, 4) is 5.75 Å². The van der Waals surface area contributed by atoms with Crippen molar-refractivity contribution in [1.82, 2.24) is 10.2 Å². The highest BCUT2D eigenvalue weighted by atomic mass is 35.5. The SMILES string of the molecule is CCCOc1ccc(NC(=O)NCC2CN(Cc3ccccc3)CCO2)cc1Cl. The van der Waals surface area contributed by atoms with Gasteiger partial charge in [0.05, 0.1) is 24.3 Å². The molecular weight excluding hydrogens is 390 g/mol. The molecule has 1 fully saturated rings. The minimum Gasteiger partial charge on any atom is -0.492 e. The molecule has 3 rings (SSSR count). The van der Waals surface area contributed by atoms with Crippen molar-refractivity contribution in [1.29, 1.82) is 0 Å². The molecule has 0 saturated carbocycles. The summed E-state index contributed by atoms with van der Waals surface area (Å²) in [6.45, 7) is 6.31. The van der Waals surface area contributed by atoms with Crippen LogP contribution >= 0.6 is 11.6 Å². The fraction of sp³-hybridized carbons (Fsp3) is 0.409. The number of ether oxygens (including phenoxy) is 2. The van der Waals surface area contributed by atoms with Crippen LogP contribution in [0.4, 0.5) is 10.5 Å². The van der Waals surface area contributed by atoms with Gasteiger partial charge in [-0.3, -0.25) is 4.90 Å². The molecule has 0 aliphatic carbocycles. The van der Waals surface area contributed by atoms with E-state index in [1.165, 1.54) is 5.56 Å². The van der Waals surface area contributed by atoms with Crippen molar-refractivity contribution < 1.29 is 14.3 Å². The number of rotatable bonds is 8. The quantitative estimate of drug-likeness (QED) is 0.677. The summed E-state index contributed by atoms with van der Waals surface area (Å²) in [7, 11) is 0. The maximum absolute atomic E-state index is 12.2. The molecular formula is C22H28ClN3O3. The zero-order chi connectivity index (χ0) is 20.5. The Balaban J connectivity index is 1.43. The number of hydrogen-bond acceptors (Lipinski definition) is 4. The third kappa shape index (κ3) is 6.92. The number of urea groups is 1. The summed E-state index contributed by atoms with van der Waals surface area (Å²) in [5.41, 5.74) is 1.90. The fourth-order valence-electron chi connectivity index (χ4n) is 3.18. The fourth-order valence-corrected chi connectivity index (χ4v) is 3.41. The topological polar surface area (TPSA) is 62.8 Å². The van der Waals surface area contributed by atoms with E-state index < -0.39 is 0 Å². The van der Waals surface area contributed by atoms with Gasteiger partial charge in [-0.2, -0.15) is 0 Å². The molecule has 1 saturated heterocycles. The molecule has 1 unspecified atom stereocenters. The number of carbonyl (C=O) groups excluding carboxylic acids is 1. The summed E-state index contributed by atoms with van der Waals surface area (Å²) < 4.78 is 11.3. The van der Waals surface area contributed by atoms with Gasteiger partial charge in [-0.1, -0.05) is 48.9 Å². The summed E-state index contributed by atoms with van der Waals surface area (Å²) in [4.78, 5) is 14.6. The summed E-state index contributed by atoms with van der Waals surface area (Å²) in [6.07, 6.45) is 0.872. The Morgan fingerprint density at radius 2 is 2.10 bits per heavy atom. The molecule has 2 aromatic rings. The normalized spacial score (nSPS) is 17.0. The number of hydrogen-bond donors (Lipinski definition) is 2. The van der Waals surface area contributed by atoms with Crippen LogP contribution in [0.25, 0.3) is 0 Å². The van der Waals surface area contributed by atoms with E-state index in [1.807, 2.05) is 25.1 Å². The second-order valence-electron chi connectivity index (χ2n) is 7.04. The molecule has 0 radical (unpaired) electrons. The van der Waals surface area contributed by atoms with Crippen LogP contribution in [0, 0.1) is 0 Å². The van der Waals surface area contributed by atoms with E-state index in [0.717, 1.165) is 26.1 Å². The van der Waals surface area contributed by atoms with Crippen molar-refractivity contribution in [3.63, 3.8) is 0 Å². The van der Waals surface area contributed by atoms with Crippen molar-refractivity contribution in [2.45, 2.75) is 26.0 Å². The van der Waals surface area contributed by atoms with Crippen molar-refractivity contribution in [2.24, 2.45) is 0 Å². The van der Waals surface area contributed by atoms with Gasteiger partial charge >= 0.3 is 6.03 Å². The number of morpholine rings is 1. The van der Waals surface area contributed by atoms with Crippen LogP contribution < -0.4 is 15.4 Å². The third-order valence-electron chi connectivity index (χ3n) is 4.61. The minimum atomic E-state index is -0.285. The van der Waals surface area contributed by atoms with Gasteiger partial charge in [-0.15, -0.1) is 0 Å². The zero-order valence-corrected chi connectivity index (χ0v) is 17.5. The molecule has 1 atom stereocenters. The highest BCUT2D eigenvalue weighted by molar-refractivity contribution is 6.32. The lowest BCUT2D eigenvalue weighted by atomic mass is 10.2. The first-order valence-corrected chi connectivity index (χ1v) is 10.4. The molecule has 2 N–H and O–H groups in total. The monoisotopic (exact) mass is 417 g/mol. The zero-order valence-electron chi connectivity index (χ0n) is 16.7. The first kappa shape index (κ1) is 21.4. The molecule has 0 bridgehead atoms. The van der Waals surface area contributed by atoms with Gasteiger partial charge in [0.15, 0.2) is 0 Å². The Kier molecular flexibility index (Phi) is 8.16. The number of nitrogens with zero attached hydrogens (tertiary/aromatic N) is 1. The number of anilines is 1. The molecule has 156 valence electrons. The molecule has 2 amide bonds. The molecule has 0 aromatic heterocycles. The molecule has 2 aromatic carbocycles. The van der Waals surface area contributed by atoms with E-state index in [0.29, 0.717) is 36.2 Å². The number of benzene rings is 2. The molecule has 29 heavy (non-hydrogen) atoms. The van der Waals surface area contributed by atoms with Crippen molar-refractivity contribution >= 4 is 23.3 Å². The van der Waals surface area contributed by atoms with Crippen LogP contribution in [0.1, 0.15) is 18.9 Å². The predicted octanol–water partition coefficient (Wildman–Crippen LogP) is 4.15. The number of nitrogens with one attached hydrogen (secondary N) is 2. The highest BCUT2D eigenvalue weighted by Gasteiger charge is 2.21. The van der Waals surface area contributed by atoms with Gasteiger partial charge in [-0.05, 0) is 30.2 Å². The Bertz CT molecular complexity index is 788. The lowest BCUT2D eigenvalue weighted by molar-refractivity contribution is -0.0285. The lowest BCUT2D eigenvalue weighted by Gasteiger charge is -2.33. The number of halogens is 1. The maximum Gasteiger partial charge on any atom is 0.319 e. The van der Waals surface area contributed by atoms with Gasteiger partial charge in [0.25, 0.3) is 0 Å². The van der Waals surface area contributed by atoms with Crippen molar-refractivity contribution in [2.75, 3.05) is 38.2 Å². The number of amides is 2. The van der Waals surface area contributed by atoms with Crippen LogP contribution in [0.3, 0.4) is 0 Å². The van der Waals surface area contributed by atoms with Gasteiger partial charge in [0.1, 0.15) is 5.75 Å². The average molecular weight is 418 g/mol. The summed E-state index contributed by atoms with van der Waals surface area (Å²) in [5, 5.41) is 6.15. The predicted molar refractivity (Wildman–Crippen MR) is 116 cm³/mol. The van der Waals surface area contributed by atoms with Crippen LogP contribution in [0.5, 0.6) is 5.75 Å². The third-order valence-corrected chi connectivity index (χ3v) is 4.91. The molecule has 0 spiro atoms. The standard InChI is InChI=1S/C22H28ClN3O3/c1-2-11-29-21-9-8-18(13-20(21)23)25-22(27)24-14-19-16-26(10-12-28-19)15-17-6-4-3-5-7-17/h3-9,13,19H,2,10-12,14-16H2,1H3,(H2,24,25,27). The molecule has 6 nitrogen and oxygen atoms in total. The lowest BCUT2D eigenvalue weighted by Crippen LogP contribution is -2.47. The van der Waals surface area contributed by atoms with Crippen LogP contribution in [0.2, 0.25) is 5.02 Å². The van der Waals surface area contributed by atoms with E-state index in [2.05, 4.69) is 27.7 Å². The first-order chi connectivity index (χ1) is 14.1. The largest absolute Gasteiger partial charge is 0.492 e.